The smallest absolute Gasteiger partial charge is 0.223 e. The molecule has 1 aliphatic carbocycles. The summed E-state index contributed by atoms with van der Waals surface area (Å²) in [6, 6.07) is 9.51. The predicted octanol–water partition coefficient (Wildman–Crippen LogP) is 5.00. The van der Waals surface area contributed by atoms with Crippen LogP contribution in [0.25, 0.3) is 0 Å². The third kappa shape index (κ3) is 4.12. The fourth-order valence-electron chi connectivity index (χ4n) is 3.80. The Morgan fingerprint density at radius 3 is 2.70 bits per heavy atom. The molecule has 2 aromatic rings. The van der Waals surface area contributed by atoms with Gasteiger partial charge in [-0.3, -0.25) is 4.79 Å². The zero-order valence-corrected chi connectivity index (χ0v) is 16.0. The highest BCUT2D eigenvalue weighted by molar-refractivity contribution is 5.77. The van der Waals surface area contributed by atoms with Gasteiger partial charge in [0, 0.05) is 13.5 Å². The number of hydrogen-bond acceptors (Lipinski definition) is 2. The van der Waals surface area contributed by atoms with Crippen molar-refractivity contribution >= 4 is 5.91 Å². The number of hydrogen-bond donors (Lipinski definition) is 0. The van der Waals surface area contributed by atoms with Gasteiger partial charge in [-0.15, -0.1) is 0 Å². The summed E-state index contributed by atoms with van der Waals surface area (Å²) in [5.41, 5.74) is 3.04. The van der Waals surface area contributed by atoms with E-state index in [1.807, 2.05) is 13.0 Å². The van der Waals surface area contributed by atoms with Crippen LogP contribution in [0.4, 0.5) is 8.78 Å². The van der Waals surface area contributed by atoms with Gasteiger partial charge in [-0.25, -0.2) is 8.78 Å². The van der Waals surface area contributed by atoms with Crippen molar-refractivity contribution in [1.29, 1.82) is 0 Å². The van der Waals surface area contributed by atoms with E-state index < -0.39 is 11.6 Å². The molecule has 144 valence electrons. The van der Waals surface area contributed by atoms with Crippen LogP contribution in [-0.2, 0) is 11.2 Å². The van der Waals surface area contributed by atoms with Crippen molar-refractivity contribution in [3.05, 3.63) is 64.7 Å². The highest BCUT2D eigenvalue weighted by atomic mass is 19.2. The van der Waals surface area contributed by atoms with Crippen LogP contribution >= 0.6 is 0 Å². The van der Waals surface area contributed by atoms with Crippen LogP contribution in [0.2, 0.25) is 0 Å². The number of fused-ring (bicyclic) bond motifs is 1. The molecule has 2 atom stereocenters. The number of amides is 1. The van der Waals surface area contributed by atoms with E-state index in [1.54, 1.807) is 19.1 Å². The SMILES string of the molecule is COc1ccc2c(c1)CCCC2CC(=O)N(C)C(C)c1ccc(F)c(F)c1. The van der Waals surface area contributed by atoms with E-state index in [0.29, 0.717) is 12.0 Å². The van der Waals surface area contributed by atoms with Crippen molar-refractivity contribution in [1.82, 2.24) is 4.90 Å². The number of aryl methyl sites for hydroxylation is 1. The lowest BCUT2D eigenvalue weighted by Crippen LogP contribution is -2.31. The molecule has 2 aromatic carbocycles. The third-order valence-corrected chi connectivity index (χ3v) is 5.61. The molecule has 0 radical (unpaired) electrons. The van der Waals surface area contributed by atoms with Crippen LogP contribution < -0.4 is 4.74 Å². The zero-order valence-electron chi connectivity index (χ0n) is 16.0. The highest BCUT2D eigenvalue weighted by Crippen LogP contribution is 2.36. The second-order valence-corrected chi connectivity index (χ2v) is 7.21. The summed E-state index contributed by atoms with van der Waals surface area (Å²) >= 11 is 0. The lowest BCUT2D eigenvalue weighted by molar-refractivity contribution is -0.132. The number of ether oxygens (including phenoxy) is 1. The Labute approximate surface area is 158 Å². The average Bonchev–Trinajstić information content (AvgIpc) is 2.68. The fraction of sp³-hybridized carbons (Fsp3) is 0.409. The Bertz CT molecular complexity index is 837. The molecular formula is C22H25F2NO2. The molecule has 0 saturated heterocycles. The van der Waals surface area contributed by atoms with Gasteiger partial charge in [-0.2, -0.15) is 0 Å². The molecule has 2 unspecified atom stereocenters. The molecule has 0 N–H and O–H groups in total. The minimum absolute atomic E-state index is 0.000834. The maximum absolute atomic E-state index is 13.5. The van der Waals surface area contributed by atoms with Gasteiger partial charge in [-0.05, 0) is 73.1 Å². The molecule has 0 spiro atoms. The molecule has 0 saturated carbocycles. The lowest BCUT2D eigenvalue weighted by atomic mass is 9.80. The molecule has 1 aliphatic rings. The predicted molar refractivity (Wildman–Crippen MR) is 101 cm³/mol. The highest BCUT2D eigenvalue weighted by Gasteiger charge is 2.26. The quantitative estimate of drug-likeness (QED) is 0.738. The van der Waals surface area contributed by atoms with E-state index in [2.05, 4.69) is 12.1 Å². The largest absolute Gasteiger partial charge is 0.497 e. The van der Waals surface area contributed by atoms with E-state index in [1.165, 1.54) is 17.2 Å². The van der Waals surface area contributed by atoms with Crippen LogP contribution in [0, 0.1) is 11.6 Å². The minimum atomic E-state index is -0.893. The first kappa shape index (κ1) is 19.3. The molecule has 0 bridgehead atoms. The van der Waals surface area contributed by atoms with Crippen molar-refractivity contribution in [2.24, 2.45) is 0 Å². The molecule has 5 heteroatoms. The maximum Gasteiger partial charge on any atom is 0.223 e. The average molecular weight is 373 g/mol. The molecule has 0 fully saturated rings. The minimum Gasteiger partial charge on any atom is -0.497 e. The lowest BCUT2D eigenvalue weighted by Gasteiger charge is -2.30. The van der Waals surface area contributed by atoms with Crippen molar-refractivity contribution < 1.29 is 18.3 Å². The summed E-state index contributed by atoms with van der Waals surface area (Å²) in [5, 5.41) is 0. The first-order chi connectivity index (χ1) is 12.9. The normalized spacial score (nSPS) is 17.1. The van der Waals surface area contributed by atoms with Crippen LogP contribution in [-0.4, -0.2) is 25.0 Å². The van der Waals surface area contributed by atoms with E-state index in [0.717, 1.165) is 37.1 Å². The summed E-state index contributed by atoms with van der Waals surface area (Å²) in [4.78, 5) is 14.5. The molecule has 3 nitrogen and oxygen atoms in total. The Kier molecular flexibility index (Phi) is 5.78. The fourth-order valence-corrected chi connectivity index (χ4v) is 3.80. The zero-order chi connectivity index (χ0) is 19.6. The third-order valence-electron chi connectivity index (χ3n) is 5.61. The Morgan fingerprint density at radius 2 is 2.00 bits per heavy atom. The summed E-state index contributed by atoms with van der Waals surface area (Å²) in [5.74, 6) is -0.762. The van der Waals surface area contributed by atoms with Gasteiger partial charge < -0.3 is 9.64 Å². The topological polar surface area (TPSA) is 29.5 Å². The molecule has 0 aromatic heterocycles. The summed E-state index contributed by atoms with van der Waals surface area (Å²) in [6.07, 6.45) is 3.42. The first-order valence-electron chi connectivity index (χ1n) is 9.28. The number of methoxy groups -OCH3 is 1. The van der Waals surface area contributed by atoms with Crippen LogP contribution in [0.15, 0.2) is 36.4 Å². The van der Waals surface area contributed by atoms with E-state index in [4.69, 9.17) is 4.74 Å². The molecule has 27 heavy (non-hydrogen) atoms. The van der Waals surface area contributed by atoms with Crippen molar-refractivity contribution in [3.8, 4) is 5.75 Å². The summed E-state index contributed by atoms with van der Waals surface area (Å²) in [6.45, 7) is 1.82. The van der Waals surface area contributed by atoms with Gasteiger partial charge >= 0.3 is 0 Å². The molecule has 0 heterocycles. The van der Waals surface area contributed by atoms with Gasteiger partial charge in [0.25, 0.3) is 0 Å². The van der Waals surface area contributed by atoms with Gasteiger partial charge in [-0.1, -0.05) is 12.1 Å². The molecule has 0 aliphatic heterocycles. The first-order valence-corrected chi connectivity index (χ1v) is 9.28. The second-order valence-electron chi connectivity index (χ2n) is 7.21. The van der Waals surface area contributed by atoms with Crippen molar-refractivity contribution in [2.45, 2.75) is 44.6 Å². The monoisotopic (exact) mass is 373 g/mol. The molecule has 3 rings (SSSR count). The van der Waals surface area contributed by atoms with Crippen molar-refractivity contribution in [2.75, 3.05) is 14.2 Å². The number of carbonyl (C=O) groups is 1. The van der Waals surface area contributed by atoms with E-state index in [9.17, 15) is 13.6 Å². The Morgan fingerprint density at radius 1 is 1.22 bits per heavy atom. The van der Waals surface area contributed by atoms with Crippen LogP contribution in [0.3, 0.4) is 0 Å². The summed E-state index contributed by atoms with van der Waals surface area (Å²) < 4.78 is 32.0. The van der Waals surface area contributed by atoms with E-state index in [-0.39, 0.29) is 17.9 Å². The van der Waals surface area contributed by atoms with Crippen LogP contribution in [0.1, 0.15) is 54.8 Å². The van der Waals surface area contributed by atoms with Crippen LogP contribution in [0.5, 0.6) is 5.75 Å². The number of carbonyl (C=O) groups excluding carboxylic acids is 1. The summed E-state index contributed by atoms with van der Waals surface area (Å²) in [7, 11) is 3.37. The standard InChI is InChI=1S/C22H25F2NO2/c1-14(15-7-10-20(23)21(24)12-15)25(2)22(26)13-17-6-4-5-16-11-18(27-3)8-9-19(16)17/h7-12,14,17H,4-6,13H2,1-3H3. The molecular weight excluding hydrogens is 348 g/mol. The van der Waals surface area contributed by atoms with Crippen molar-refractivity contribution in [3.63, 3.8) is 0 Å². The Hall–Kier alpha value is -2.43. The number of rotatable bonds is 5. The number of nitrogens with zero attached hydrogens (tertiary/aromatic N) is 1. The molecule has 1 amide bonds. The second kappa shape index (κ2) is 8.07. The van der Waals surface area contributed by atoms with Gasteiger partial charge in [0.15, 0.2) is 11.6 Å². The van der Waals surface area contributed by atoms with Gasteiger partial charge in [0.1, 0.15) is 5.75 Å². The number of halogens is 2. The Balaban J connectivity index is 1.72. The number of benzene rings is 2. The maximum atomic E-state index is 13.5. The van der Waals surface area contributed by atoms with E-state index >= 15 is 0 Å². The van der Waals surface area contributed by atoms with Gasteiger partial charge in [0.05, 0.1) is 13.2 Å². The van der Waals surface area contributed by atoms with Gasteiger partial charge in [0.2, 0.25) is 5.91 Å².